The fourth-order valence-corrected chi connectivity index (χ4v) is 21.0. The summed E-state index contributed by atoms with van der Waals surface area (Å²) in [5, 5.41) is 0. The van der Waals surface area contributed by atoms with Crippen LogP contribution in [-0.4, -0.2) is 85.4 Å². The number of benzene rings is 3. The van der Waals surface area contributed by atoms with Gasteiger partial charge in [-0.25, -0.2) is 22.1 Å². The predicted molar refractivity (Wildman–Crippen MR) is 377 cm³/mol. The molecule has 492 valence electrons. The van der Waals surface area contributed by atoms with Crippen molar-refractivity contribution in [1.29, 1.82) is 0 Å². The summed E-state index contributed by atoms with van der Waals surface area (Å²) in [6.45, 7) is 45.5. The van der Waals surface area contributed by atoms with Crippen LogP contribution in [0.4, 0.5) is 0 Å². The maximum Gasteiger partial charge on any atom is 0.145 e. The molecule has 3 fully saturated rings. The number of halogens is 3. The van der Waals surface area contributed by atoms with Gasteiger partial charge in [0.1, 0.15) is 33.6 Å². The zero-order chi connectivity index (χ0) is 65.7. The summed E-state index contributed by atoms with van der Waals surface area (Å²) < 4.78 is 83.9. The Labute approximate surface area is 563 Å². The van der Waals surface area contributed by atoms with Crippen molar-refractivity contribution < 1.29 is 36.3 Å². The zero-order valence-corrected chi connectivity index (χ0v) is 63.9. The van der Waals surface area contributed by atoms with Gasteiger partial charge in [-0.3, -0.25) is 0 Å². The van der Waals surface area contributed by atoms with Gasteiger partial charge in [0, 0.05) is 56.6 Å². The number of nitrogens with one attached hydrogen (secondary N) is 2. The Hall–Kier alpha value is -1.90. The molecule has 6 aliphatic carbocycles. The Bertz CT molecular complexity index is 2960. The molecule has 11 nitrogen and oxygen atoms in total. The Morgan fingerprint density at radius 2 is 0.852 bits per heavy atom. The van der Waals surface area contributed by atoms with Gasteiger partial charge in [0.05, 0.1) is 73.4 Å². The van der Waals surface area contributed by atoms with E-state index in [1.165, 1.54) is 22.3 Å². The maximum atomic E-state index is 13.6. The van der Waals surface area contributed by atoms with E-state index >= 15 is 0 Å². The smallest absolute Gasteiger partial charge is 0.145 e. The van der Waals surface area contributed by atoms with Gasteiger partial charge in [-0.15, -0.1) is 0 Å². The van der Waals surface area contributed by atoms with Crippen molar-refractivity contribution in [2.45, 2.75) is 219 Å². The number of methoxy groups -OCH3 is 3. The summed E-state index contributed by atoms with van der Waals surface area (Å²) in [4.78, 5) is 0. The number of hydrogen-bond donors (Lipinski definition) is 2. The van der Waals surface area contributed by atoms with Crippen molar-refractivity contribution in [3.8, 4) is 0 Å². The fourth-order valence-electron chi connectivity index (χ4n) is 17.1. The highest BCUT2D eigenvalue weighted by atomic mass is 79.9. The number of ether oxygens (including phenoxy) is 5. The zero-order valence-electron chi connectivity index (χ0n) is 56.7. The third kappa shape index (κ3) is 14.2. The number of nitrogens with zero attached hydrogens (tertiary/aromatic N) is 1. The lowest BCUT2D eigenvalue weighted by Gasteiger charge is -2.54. The first-order valence-corrected chi connectivity index (χ1v) is 37.7. The Morgan fingerprint density at radius 1 is 0.523 bits per heavy atom. The second-order valence-corrected chi connectivity index (χ2v) is 38.5. The van der Waals surface area contributed by atoms with E-state index in [4.69, 9.17) is 28.1 Å². The first kappa shape index (κ1) is 73.5. The summed E-state index contributed by atoms with van der Waals surface area (Å²) >= 11 is 11.0. The van der Waals surface area contributed by atoms with Crippen LogP contribution in [0.1, 0.15) is 190 Å². The molecule has 0 bridgehead atoms. The minimum Gasteiger partial charge on any atom is -0.496 e. The lowest BCUT2D eigenvalue weighted by Crippen LogP contribution is -2.61. The van der Waals surface area contributed by atoms with Gasteiger partial charge in [0.25, 0.3) is 0 Å². The van der Waals surface area contributed by atoms with E-state index in [0.717, 1.165) is 88.0 Å². The first-order valence-electron chi connectivity index (χ1n) is 31.9. The second kappa shape index (κ2) is 28.2. The molecule has 6 unspecified atom stereocenters. The van der Waals surface area contributed by atoms with Crippen molar-refractivity contribution in [2.24, 2.45) is 56.2 Å². The Morgan fingerprint density at radius 3 is 1.17 bits per heavy atom. The van der Waals surface area contributed by atoms with Crippen LogP contribution in [0.15, 0.2) is 97.1 Å². The van der Waals surface area contributed by atoms with Crippen LogP contribution in [0, 0.1) is 51.8 Å². The monoisotopic (exact) mass is 1460 g/mol. The van der Waals surface area contributed by atoms with Gasteiger partial charge < -0.3 is 23.7 Å². The van der Waals surface area contributed by atoms with E-state index < -0.39 is 53.5 Å². The molecule has 9 rings (SSSR count). The van der Waals surface area contributed by atoms with Crippen LogP contribution in [0.2, 0.25) is 0 Å². The van der Waals surface area contributed by atoms with Crippen LogP contribution < -0.4 is 9.44 Å². The quantitative estimate of drug-likeness (QED) is 0.152. The molecule has 3 saturated carbocycles. The minimum atomic E-state index is -1.30. The van der Waals surface area contributed by atoms with Gasteiger partial charge in [0.15, 0.2) is 0 Å². The largest absolute Gasteiger partial charge is 0.496 e. The lowest BCUT2D eigenvalue weighted by atomic mass is 9.56. The van der Waals surface area contributed by atoms with Crippen molar-refractivity contribution >= 4 is 86.5 Å². The minimum absolute atomic E-state index is 0.0299. The van der Waals surface area contributed by atoms with Gasteiger partial charge in [-0.1, -0.05) is 121 Å². The van der Waals surface area contributed by atoms with E-state index in [9.17, 15) is 12.6 Å². The van der Waals surface area contributed by atoms with Crippen molar-refractivity contribution in [1.82, 2.24) is 9.44 Å². The highest BCUT2D eigenvalue weighted by Gasteiger charge is 2.66. The van der Waals surface area contributed by atoms with Crippen molar-refractivity contribution in [2.75, 3.05) is 34.5 Å². The average Bonchev–Trinajstić information content (AvgIpc) is 1.52. The summed E-state index contributed by atoms with van der Waals surface area (Å²) in [6, 6.07) is 19.4. The molecule has 3 aromatic carbocycles. The van der Waals surface area contributed by atoms with E-state index in [2.05, 4.69) is 167 Å². The SMILES string of the molecule is C=C(OCC)[C@@]1(N[S@@](=O)C(C)(C)C)c2cc(Br)ccc2CC12C[C@@H](C)C(OC)[C@@H](C)C2.C=C(OCC)[C@]1(N[S@@](=O)C(C)(C)C)c2cc(Br)ccc2CC12C[C@@H](C)C(OC)[C@@H](C)C2.COC1[C@H](C)CC2(Cc3ccc(Br)cc3C2=N[S@@](=O)C(C)(C)C)C[C@@H]1C. The molecule has 3 spiro atoms. The molecular formula is C71H106Br3N3O8S3. The van der Waals surface area contributed by atoms with E-state index in [0.29, 0.717) is 60.2 Å². The summed E-state index contributed by atoms with van der Waals surface area (Å²) in [6.07, 6.45) is 9.36. The molecule has 17 heteroatoms. The molecule has 0 radical (unpaired) electrons. The molecule has 0 saturated heterocycles. The van der Waals surface area contributed by atoms with Crippen LogP contribution >= 0.6 is 47.8 Å². The second-order valence-electron chi connectivity index (χ2n) is 29.9. The van der Waals surface area contributed by atoms with Crippen molar-refractivity contribution in [3.63, 3.8) is 0 Å². The molecule has 2 N–H and O–H groups in total. The van der Waals surface area contributed by atoms with E-state index in [1.807, 2.05) is 97.5 Å². The summed E-state index contributed by atoms with van der Waals surface area (Å²) in [5.74, 6) is 3.70. The standard InChI is InChI=1S/2C25H38BrNO3S.C21H30BrNO2S/c2*1-9-30-18(4)25(27-31(28)23(5,6)7)21-12-20(26)11-10-19(21)15-24(25)13-16(2)22(29-8)17(3)14-24;1-13-10-21(11-14(2)18(13)25-6)12-15-7-8-16(22)9-17(15)19(21)23-26(24)20(3,4)5/h2*10-12,16-17,22,27H,4,9,13-15H2,1-3,5-8H3;7-9,13-14,18H,10-12H2,1-6H3/t16-,17+,22?,24?,25-,31+;16-,17+,22?,24?,25-,31-;13-,14+,18?,21?,26-/m100/s1. The summed E-state index contributed by atoms with van der Waals surface area (Å²) in [7, 11) is 1.58. The molecule has 0 heterocycles. The maximum absolute atomic E-state index is 13.6. The predicted octanol–water partition coefficient (Wildman–Crippen LogP) is 17.1. The Balaban J connectivity index is 0.000000189. The number of hydrogen-bond acceptors (Lipinski definition) is 8. The first-order chi connectivity index (χ1) is 40.9. The topological polar surface area (TPSA) is 134 Å². The van der Waals surface area contributed by atoms with Gasteiger partial charge in [0.2, 0.25) is 0 Å². The summed E-state index contributed by atoms with van der Waals surface area (Å²) in [5.41, 5.74) is 6.47. The van der Waals surface area contributed by atoms with Crippen LogP contribution in [0.5, 0.6) is 0 Å². The van der Waals surface area contributed by atoms with Crippen LogP contribution in [0.3, 0.4) is 0 Å². The molecule has 0 aromatic heterocycles. The fraction of sp³-hybridized carbons (Fsp3) is 0.676. The molecule has 88 heavy (non-hydrogen) atoms. The van der Waals surface area contributed by atoms with Gasteiger partial charge in [-0.05, 0) is 234 Å². The molecule has 3 aromatic rings. The van der Waals surface area contributed by atoms with E-state index in [-0.39, 0.29) is 39.3 Å². The third-order valence-electron chi connectivity index (χ3n) is 20.2. The van der Waals surface area contributed by atoms with Gasteiger partial charge >= 0.3 is 0 Å². The molecule has 0 aliphatic heterocycles. The highest BCUT2D eigenvalue weighted by molar-refractivity contribution is 9.11. The third-order valence-corrected chi connectivity index (χ3v) is 26.3. The lowest BCUT2D eigenvalue weighted by molar-refractivity contribution is -0.0800. The molecular weight excluding hydrogens is 1360 g/mol. The van der Waals surface area contributed by atoms with E-state index in [1.54, 1.807) is 0 Å². The number of rotatable bonds is 14. The Kier molecular flexibility index (Phi) is 23.6. The molecule has 0 amide bonds. The molecule has 6 aliphatic rings. The number of fused-ring (bicyclic) bond motifs is 3. The van der Waals surface area contributed by atoms with Crippen LogP contribution in [-0.2, 0) is 87.0 Å². The average molecular weight is 1470 g/mol. The van der Waals surface area contributed by atoms with Gasteiger partial charge in [-0.2, -0.15) is 4.40 Å². The molecule has 17 atom stereocenters. The normalized spacial score (nSPS) is 34.0. The van der Waals surface area contributed by atoms with Crippen LogP contribution in [0.25, 0.3) is 0 Å². The highest BCUT2D eigenvalue weighted by Crippen LogP contribution is 2.65. The van der Waals surface area contributed by atoms with Crippen molar-refractivity contribution in [3.05, 3.63) is 126 Å².